The van der Waals surface area contributed by atoms with Crippen molar-refractivity contribution in [3.63, 3.8) is 0 Å². The topological polar surface area (TPSA) is 101 Å². The van der Waals surface area contributed by atoms with Crippen molar-refractivity contribution in [1.82, 2.24) is 4.90 Å². The molecular formula is C6H14N2O4S. The van der Waals surface area contributed by atoms with E-state index in [0.717, 1.165) is 0 Å². The van der Waals surface area contributed by atoms with Crippen LogP contribution >= 0.6 is 0 Å². The fourth-order valence-electron chi connectivity index (χ4n) is 0.939. The van der Waals surface area contributed by atoms with E-state index in [9.17, 15) is 13.2 Å². The minimum atomic E-state index is -4.14. The van der Waals surface area contributed by atoms with Gasteiger partial charge in [0.05, 0.1) is 0 Å². The molecule has 1 amide bonds. The van der Waals surface area contributed by atoms with Crippen molar-refractivity contribution >= 4 is 16.0 Å². The van der Waals surface area contributed by atoms with Gasteiger partial charge in [0, 0.05) is 6.42 Å². The fourth-order valence-corrected chi connectivity index (χ4v) is 1.89. The summed E-state index contributed by atoms with van der Waals surface area (Å²) in [5, 5.41) is -1.07. The molecular weight excluding hydrogens is 196 g/mol. The minimum Gasteiger partial charge on any atom is -0.370 e. The third kappa shape index (κ3) is 4.81. The molecule has 0 radical (unpaired) electrons. The predicted octanol–water partition coefficient (Wildman–Crippen LogP) is -0.973. The van der Waals surface area contributed by atoms with Gasteiger partial charge in [-0.15, -0.1) is 0 Å². The number of primary amides is 1. The summed E-state index contributed by atoms with van der Waals surface area (Å²) in [5.74, 6) is -0.587. The quantitative estimate of drug-likeness (QED) is 0.568. The van der Waals surface area contributed by atoms with Crippen molar-refractivity contribution in [2.24, 2.45) is 5.73 Å². The van der Waals surface area contributed by atoms with Gasteiger partial charge in [0.2, 0.25) is 5.91 Å². The first-order chi connectivity index (χ1) is 5.75. The van der Waals surface area contributed by atoms with E-state index in [1.807, 2.05) is 0 Å². The van der Waals surface area contributed by atoms with Crippen LogP contribution in [0.3, 0.4) is 0 Å². The van der Waals surface area contributed by atoms with Crippen molar-refractivity contribution in [2.45, 2.75) is 18.2 Å². The summed E-state index contributed by atoms with van der Waals surface area (Å²) in [6, 6.07) is 0. The highest BCUT2D eigenvalue weighted by atomic mass is 32.2. The van der Waals surface area contributed by atoms with Crippen LogP contribution in [-0.2, 0) is 14.9 Å². The smallest absolute Gasteiger partial charge is 0.281 e. The molecule has 78 valence electrons. The van der Waals surface area contributed by atoms with Crippen LogP contribution in [0.1, 0.15) is 12.8 Å². The monoisotopic (exact) mass is 210 g/mol. The van der Waals surface area contributed by atoms with Gasteiger partial charge in [0.25, 0.3) is 10.1 Å². The minimum absolute atomic E-state index is 0.00116. The van der Waals surface area contributed by atoms with Gasteiger partial charge < -0.3 is 5.73 Å². The van der Waals surface area contributed by atoms with Gasteiger partial charge in [-0.1, -0.05) is 0 Å². The zero-order valence-corrected chi connectivity index (χ0v) is 8.41. The summed E-state index contributed by atoms with van der Waals surface area (Å²) in [6.07, 6.45) is -0.0657. The number of hydrogen-bond acceptors (Lipinski definition) is 4. The Morgan fingerprint density at radius 1 is 1.54 bits per heavy atom. The molecule has 0 aliphatic carbocycles. The molecule has 0 aliphatic heterocycles. The van der Waals surface area contributed by atoms with E-state index in [4.69, 9.17) is 10.3 Å². The number of amides is 1. The van der Waals surface area contributed by atoms with Gasteiger partial charge in [0.1, 0.15) is 5.37 Å². The molecule has 0 fully saturated rings. The average molecular weight is 210 g/mol. The second-order valence-electron chi connectivity index (χ2n) is 2.94. The van der Waals surface area contributed by atoms with Crippen molar-refractivity contribution in [3.8, 4) is 0 Å². The first-order valence-electron chi connectivity index (χ1n) is 3.66. The van der Waals surface area contributed by atoms with E-state index in [2.05, 4.69) is 0 Å². The van der Waals surface area contributed by atoms with Crippen LogP contribution in [0.4, 0.5) is 0 Å². The first-order valence-corrected chi connectivity index (χ1v) is 5.16. The molecule has 0 aromatic heterocycles. The van der Waals surface area contributed by atoms with Gasteiger partial charge in [-0.3, -0.25) is 14.2 Å². The van der Waals surface area contributed by atoms with E-state index in [1.54, 1.807) is 0 Å². The molecule has 13 heavy (non-hydrogen) atoms. The third-order valence-electron chi connectivity index (χ3n) is 1.56. The second-order valence-corrected chi connectivity index (χ2v) is 4.51. The van der Waals surface area contributed by atoms with Gasteiger partial charge in [-0.2, -0.15) is 8.42 Å². The lowest BCUT2D eigenvalue weighted by molar-refractivity contribution is -0.118. The number of hydrogen-bond donors (Lipinski definition) is 2. The lowest BCUT2D eigenvalue weighted by Gasteiger charge is -2.20. The van der Waals surface area contributed by atoms with Crippen LogP contribution in [0.5, 0.6) is 0 Å². The van der Waals surface area contributed by atoms with Gasteiger partial charge in [0.15, 0.2) is 0 Å². The number of rotatable bonds is 5. The lowest BCUT2D eigenvalue weighted by Crippen LogP contribution is -2.36. The summed E-state index contributed by atoms with van der Waals surface area (Å²) in [6.45, 7) is 0. The largest absolute Gasteiger partial charge is 0.370 e. The second kappa shape index (κ2) is 4.54. The summed E-state index contributed by atoms with van der Waals surface area (Å²) in [7, 11) is -1.14. The standard InChI is InChI=1S/C6H14N2O4S/c1-8(2)6(13(10,11)12)4-3-5(7)9/h6H,3-4H2,1-2H3,(H2,7,9)(H,10,11,12). The molecule has 7 heteroatoms. The third-order valence-corrected chi connectivity index (χ3v) is 2.90. The SMILES string of the molecule is CN(C)C(CCC(N)=O)S(=O)(=O)O. The molecule has 6 nitrogen and oxygen atoms in total. The molecule has 0 saturated heterocycles. The first kappa shape index (κ1) is 12.3. The van der Waals surface area contributed by atoms with Crippen LogP contribution in [0.2, 0.25) is 0 Å². The number of carbonyl (C=O) groups excluding carboxylic acids is 1. The van der Waals surface area contributed by atoms with Crippen LogP contribution in [0, 0.1) is 0 Å². The maximum atomic E-state index is 10.7. The van der Waals surface area contributed by atoms with Crippen molar-refractivity contribution in [1.29, 1.82) is 0 Å². The van der Waals surface area contributed by atoms with E-state index in [-0.39, 0.29) is 12.8 Å². The molecule has 0 saturated carbocycles. The summed E-state index contributed by atoms with van der Waals surface area (Å²) in [5.41, 5.74) is 4.85. The van der Waals surface area contributed by atoms with Crippen molar-refractivity contribution in [2.75, 3.05) is 14.1 Å². The van der Waals surface area contributed by atoms with E-state index < -0.39 is 21.4 Å². The molecule has 0 spiro atoms. The van der Waals surface area contributed by atoms with Crippen LogP contribution < -0.4 is 5.73 Å². The molecule has 0 aromatic carbocycles. The summed E-state index contributed by atoms with van der Waals surface area (Å²) < 4.78 is 30.2. The molecule has 3 N–H and O–H groups in total. The molecule has 0 aliphatic rings. The Labute approximate surface area is 77.5 Å². The average Bonchev–Trinajstić information content (AvgIpc) is 1.81. The number of carbonyl (C=O) groups is 1. The molecule has 0 bridgehead atoms. The van der Waals surface area contributed by atoms with E-state index >= 15 is 0 Å². The number of nitrogens with zero attached hydrogens (tertiary/aromatic N) is 1. The molecule has 0 aromatic rings. The molecule has 0 rings (SSSR count). The van der Waals surface area contributed by atoms with Gasteiger partial charge >= 0.3 is 0 Å². The van der Waals surface area contributed by atoms with Gasteiger partial charge in [-0.05, 0) is 20.5 Å². The summed E-state index contributed by atoms with van der Waals surface area (Å²) in [4.78, 5) is 11.7. The highest BCUT2D eigenvalue weighted by Gasteiger charge is 2.25. The Kier molecular flexibility index (Phi) is 4.31. The predicted molar refractivity (Wildman–Crippen MR) is 47.5 cm³/mol. The van der Waals surface area contributed by atoms with Gasteiger partial charge in [-0.25, -0.2) is 0 Å². The zero-order valence-electron chi connectivity index (χ0n) is 7.60. The Morgan fingerprint density at radius 2 is 2.00 bits per heavy atom. The van der Waals surface area contributed by atoms with Crippen LogP contribution in [0.15, 0.2) is 0 Å². The van der Waals surface area contributed by atoms with Crippen molar-refractivity contribution in [3.05, 3.63) is 0 Å². The Balaban J connectivity index is 4.38. The maximum Gasteiger partial charge on any atom is 0.281 e. The van der Waals surface area contributed by atoms with Crippen molar-refractivity contribution < 1.29 is 17.8 Å². The lowest BCUT2D eigenvalue weighted by atomic mass is 10.3. The molecule has 1 atom stereocenters. The van der Waals surface area contributed by atoms with E-state index in [1.165, 1.54) is 19.0 Å². The summed E-state index contributed by atoms with van der Waals surface area (Å²) >= 11 is 0. The zero-order chi connectivity index (χ0) is 10.6. The van der Waals surface area contributed by atoms with Crippen LogP contribution in [-0.4, -0.2) is 43.2 Å². The maximum absolute atomic E-state index is 10.7. The Hall–Kier alpha value is -0.660. The highest BCUT2D eigenvalue weighted by molar-refractivity contribution is 7.86. The Morgan fingerprint density at radius 3 is 2.23 bits per heavy atom. The molecule has 0 heterocycles. The Bertz CT molecular complexity index is 272. The van der Waals surface area contributed by atoms with E-state index in [0.29, 0.717) is 0 Å². The molecule has 1 unspecified atom stereocenters. The fraction of sp³-hybridized carbons (Fsp3) is 0.833. The highest BCUT2D eigenvalue weighted by Crippen LogP contribution is 2.09. The number of nitrogens with two attached hydrogens (primary N) is 1. The van der Waals surface area contributed by atoms with Crippen LogP contribution in [0.25, 0.3) is 0 Å². The normalized spacial score (nSPS) is 14.5.